The molecule has 1 aromatic carbocycles. The Morgan fingerprint density at radius 3 is 2.80 bits per heavy atom. The Morgan fingerprint density at radius 2 is 2.25 bits per heavy atom. The Balaban J connectivity index is 2.15. The van der Waals surface area contributed by atoms with Crippen LogP contribution in [0.3, 0.4) is 0 Å². The average molecular weight is 275 g/mol. The SMILES string of the molecule is COC(=O)c1ccc(NC(C)c2ncc(C)o2)c(N)c1. The molecule has 106 valence electrons. The molecule has 6 nitrogen and oxygen atoms in total. The predicted molar refractivity (Wildman–Crippen MR) is 75.5 cm³/mol. The summed E-state index contributed by atoms with van der Waals surface area (Å²) < 4.78 is 10.1. The minimum atomic E-state index is -0.417. The van der Waals surface area contributed by atoms with Crippen molar-refractivity contribution in [3.05, 3.63) is 41.6 Å². The first kappa shape index (κ1) is 13.9. The van der Waals surface area contributed by atoms with E-state index in [1.807, 2.05) is 13.8 Å². The number of esters is 1. The number of anilines is 2. The van der Waals surface area contributed by atoms with Gasteiger partial charge in [-0.15, -0.1) is 0 Å². The molecule has 1 heterocycles. The zero-order valence-electron chi connectivity index (χ0n) is 11.6. The number of carbonyl (C=O) groups excluding carboxylic acids is 1. The second-order valence-electron chi connectivity index (χ2n) is 4.47. The fourth-order valence-electron chi connectivity index (χ4n) is 1.81. The normalized spacial score (nSPS) is 11.9. The second-order valence-corrected chi connectivity index (χ2v) is 4.47. The molecule has 0 saturated carbocycles. The van der Waals surface area contributed by atoms with Crippen molar-refractivity contribution in [2.75, 3.05) is 18.2 Å². The van der Waals surface area contributed by atoms with Gasteiger partial charge in [-0.1, -0.05) is 0 Å². The zero-order valence-corrected chi connectivity index (χ0v) is 11.6. The van der Waals surface area contributed by atoms with Crippen molar-refractivity contribution in [3.63, 3.8) is 0 Å². The summed E-state index contributed by atoms with van der Waals surface area (Å²) in [5.74, 6) is 0.918. The van der Waals surface area contributed by atoms with E-state index in [4.69, 9.17) is 10.2 Å². The van der Waals surface area contributed by atoms with Crippen molar-refractivity contribution in [1.82, 2.24) is 4.98 Å². The van der Waals surface area contributed by atoms with E-state index in [-0.39, 0.29) is 6.04 Å². The van der Waals surface area contributed by atoms with Crippen molar-refractivity contribution in [3.8, 4) is 0 Å². The standard InChI is InChI=1S/C14H17N3O3/c1-8-7-16-13(20-8)9(2)17-12-5-4-10(6-11(12)15)14(18)19-3/h4-7,9,17H,15H2,1-3H3. The maximum Gasteiger partial charge on any atom is 0.337 e. The van der Waals surface area contributed by atoms with Crippen LogP contribution in [0, 0.1) is 6.92 Å². The molecule has 20 heavy (non-hydrogen) atoms. The fourth-order valence-corrected chi connectivity index (χ4v) is 1.81. The van der Waals surface area contributed by atoms with Gasteiger partial charge in [0, 0.05) is 0 Å². The highest BCUT2D eigenvalue weighted by atomic mass is 16.5. The molecular weight excluding hydrogens is 258 g/mol. The number of aromatic nitrogens is 1. The zero-order chi connectivity index (χ0) is 14.7. The topological polar surface area (TPSA) is 90.4 Å². The Morgan fingerprint density at radius 1 is 1.50 bits per heavy atom. The summed E-state index contributed by atoms with van der Waals surface area (Å²) in [6.07, 6.45) is 1.66. The summed E-state index contributed by atoms with van der Waals surface area (Å²) in [6.45, 7) is 3.75. The molecule has 0 amide bonds. The van der Waals surface area contributed by atoms with Crippen LogP contribution in [-0.2, 0) is 4.74 Å². The van der Waals surface area contributed by atoms with Gasteiger partial charge in [-0.25, -0.2) is 9.78 Å². The van der Waals surface area contributed by atoms with Crippen LogP contribution in [0.5, 0.6) is 0 Å². The number of oxazole rings is 1. The first-order valence-electron chi connectivity index (χ1n) is 6.18. The maximum absolute atomic E-state index is 11.4. The van der Waals surface area contributed by atoms with Gasteiger partial charge in [-0.3, -0.25) is 0 Å². The van der Waals surface area contributed by atoms with Crippen molar-refractivity contribution >= 4 is 17.3 Å². The van der Waals surface area contributed by atoms with Crippen molar-refractivity contribution < 1.29 is 13.9 Å². The molecule has 0 spiro atoms. The highest BCUT2D eigenvalue weighted by Crippen LogP contribution is 2.25. The van der Waals surface area contributed by atoms with Crippen LogP contribution in [0.25, 0.3) is 0 Å². The van der Waals surface area contributed by atoms with Crippen molar-refractivity contribution in [1.29, 1.82) is 0 Å². The van der Waals surface area contributed by atoms with Crippen LogP contribution in [0.2, 0.25) is 0 Å². The summed E-state index contributed by atoms with van der Waals surface area (Å²) in [6, 6.07) is 4.82. The third kappa shape index (κ3) is 2.90. The number of nitrogens with one attached hydrogen (secondary N) is 1. The predicted octanol–water partition coefficient (Wildman–Crippen LogP) is 2.52. The average Bonchev–Trinajstić information content (AvgIpc) is 2.86. The number of methoxy groups -OCH3 is 1. The number of hydrogen-bond donors (Lipinski definition) is 2. The molecule has 0 aliphatic rings. The first-order valence-corrected chi connectivity index (χ1v) is 6.18. The van der Waals surface area contributed by atoms with Gasteiger partial charge < -0.3 is 20.2 Å². The van der Waals surface area contributed by atoms with E-state index in [1.165, 1.54) is 7.11 Å². The second kappa shape index (κ2) is 5.64. The molecule has 2 aromatic rings. The van der Waals surface area contributed by atoms with E-state index in [9.17, 15) is 4.79 Å². The highest BCUT2D eigenvalue weighted by molar-refractivity contribution is 5.91. The Bertz CT molecular complexity index is 622. The Labute approximate surface area is 116 Å². The van der Waals surface area contributed by atoms with E-state index in [2.05, 4.69) is 15.0 Å². The van der Waals surface area contributed by atoms with Crippen molar-refractivity contribution in [2.45, 2.75) is 19.9 Å². The molecule has 3 N–H and O–H groups in total. The molecule has 0 aliphatic heterocycles. The number of benzene rings is 1. The number of nitrogens with zero attached hydrogens (tertiary/aromatic N) is 1. The lowest BCUT2D eigenvalue weighted by molar-refractivity contribution is 0.0601. The van der Waals surface area contributed by atoms with Crippen LogP contribution < -0.4 is 11.1 Å². The van der Waals surface area contributed by atoms with E-state index in [0.717, 1.165) is 5.76 Å². The van der Waals surface area contributed by atoms with Gasteiger partial charge in [-0.05, 0) is 32.0 Å². The van der Waals surface area contributed by atoms with E-state index in [0.29, 0.717) is 22.8 Å². The lowest BCUT2D eigenvalue weighted by Gasteiger charge is -2.14. The number of nitrogens with two attached hydrogens (primary N) is 1. The molecule has 0 saturated heterocycles. The molecule has 0 fully saturated rings. The van der Waals surface area contributed by atoms with Gasteiger partial charge >= 0.3 is 5.97 Å². The van der Waals surface area contributed by atoms with Crippen LogP contribution >= 0.6 is 0 Å². The van der Waals surface area contributed by atoms with Gasteiger partial charge in [0.15, 0.2) is 0 Å². The number of aryl methyl sites for hydroxylation is 1. The molecule has 6 heteroatoms. The van der Waals surface area contributed by atoms with Crippen molar-refractivity contribution in [2.24, 2.45) is 0 Å². The smallest absolute Gasteiger partial charge is 0.337 e. The Kier molecular flexibility index (Phi) is 3.93. The van der Waals surface area contributed by atoms with Gasteiger partial charge in [0.05, 0.1) is 30.2 Å². The van der Waals surface area contributed by atoms with Crippen LogP contribution in [-0.4, -0.2) is 18.1 Å². The minimum Gasteiger partial charge on any atom is -0.465 e. The third-order valence-electron chi connectivity index (χ3n) is 2.85. The largest absolute Gasteiger partial charge is 0.465 e. The first-order chi connectivity index (χ1) is 9.51. The van der Waals surface area contributed by atoms with E-state index in [1.54, 1.807) is 24.4 Å². The number of carbonyl (C=O) groups is 1. The van der Waals surface area contributed by atoms with Crippen LogP contribution in [0.15, 0.2) is 28.8 Å². The summed E-state index contributed by atoms with van der Waals surface area (Å²) >= 11 is 0. The number of rotatable bonds is 4. The molecule has 0 bridgehead atoms. The van der Waals surface area contributed by atoms with E-state index < -0.39 is 5.97 Å². The number of ether oxygens (including phenoxy) is 1. The molecule has 1 atom stereocenters. The number of nitrogen functional groups attached to an aromatic ring is 1. The minimum absolute atomic E-state index is 0.130. The molecular formula is C14H17N3O3. The van der Waals surface area contributed by atoms with Gasteiger partial charge in [0.1, 0.15) is 11.8 Å². The number of hydrogen-bond acceptors (Lipinski definition) is 6. The lowest BCUT2D eigenvalue weighted by Crippen LogP contribution is -2.10. The van der Waals surface area contributed by atoms with Gasteiger partial charge in [0.25, 0.3) is 0 Å². The summed E-state index contributed by atoms with van der Waals surface area (Å²) in [5.41, 5.74) is 7.51. The quantitative estimate of drug-likeness (QED) is 0.658. The monoisotopic (exact) mass is 275 g/mol. The molecule has 0 radical (unpaired) electrons. The molecule has 0 aliphatic carbocycles. The van der Waals surface area contributed by atoms with Gasteiger partial charge in [0.2, 0.25) is 5.89 Å². The highest BCUT2D eigenvalue weighted by Gasteiger charge is 2.14. The Hall–Kier alpha value is -2.50. The molecule has 2 rings (SSSR count). The summed E-state index contributed by atoms with van der Waals surface area (Å²) in [5, 5.41) is 3.19. The van der Waals surface area contributed by atoms with Crippen LogP contribution in [0.1, 0.15) is 35.0 Å². The molecule has 1 unspecified atom stereocenters. The lowest BCUT2D eigenvalue weighted by atomic mass is 10.1. The van der Waals surface area contributed by atoms with Crippen LogP contribution in [0.4, 0.5) is 11.4 Å². The van der Waals surface area contributed by atoms with Gasteiger partial charge in [-0.2, -0.15) is 0 Å². The van der Waals surface area contributed by atoms with E-state index >= 15 is 0 Å². The molecule has 1 aromatic heterocycles. The fraction of sp³-hybridized carbons (Fsp3) is 0.286. The summed E-state index contributed by atoms with van der Waals surface area (Å²) in [4.78, 5) is 15.6. The summed E-state index contributed by atoms with van der Waals surface area (Å²) in [7, 11) is 1.33. The third-order valence-corrected chi connectivity index (χ3v) is 2.85. The maximum atomic E-state index is 11.4.